The van der Waals surface area contributed by atoms with Crippen LogP contribution in [0.3, 0.4) is 0 Å². The number of aromatic nitrogens is 4. The van der Waals surface area contributed by atoms with Crippen molar-refractivity contribution >= 4 is 40.8 Å². The van der Waals surface area contributed by atoms with Crippen molar-refractivity contribution in [3.8, 4) is 0 Å². The predicted molar refractivity (Wildman–Crippen MR) is 125 cm³/mol. The number of halogens is 3. The molecule has 1 aliphatic rings. The Labute approximate surface area is 198 Å². The second kappa shape index (κ2) is 9.92. The van der Waals surface area contributed by atoms with E-state index in [1.165, 1.54) is 18.7 Å². The van der Waals surface area contributed by atoms with E-state index in [2.05, 4.69) is 35.7 Å². The summed E-state index contributed by atoms with van der Waals surface area (Å²) in [6.45, 7) is 5.03. The van der Waals surface area contributed by atoms with Crippen molar-refractivity contribution in [3.05, 3.63) is 42.1 Å². The Morgan fingerprint density at radius 1 is 1.18 bits per heavy atom. The number of carbonyl (C=O) groups excluding carboxylic acids is 1. The fourth-order valence-electron chi connectivity index (χ4n) is 3.26. The standard InChI is InChI=1S/C22H24F3N7OS/c1-13(12-22(23,24)25)20(33)26-15-4-6-16(7-5-15)34-21-28-17(27-18-10-14(2)30-31-18)11-19(29-21)32-8-3-9-32/h4-7,10-11,13H,3,8-9,12H2,1-2H3,(H,26,33)(H2,27,28,29,30,31). The van der Waals surface area contributed by atoms with E-state index in [9.17, 15) is 18.0 Å². The summed E-state index contributed by atoms with van der Waals surface area (Å²) in [5, 5.41) is 13.3. The topological polar surface area (TPSA) is 98.8 Å². The average Bonchev–Trinajstić information content (AvgIpc) is 3.11. The lowest BCUT2D eigenvalue weighted by Gasteiger charge is -2.32. The third-order valence-electron chi connectivity index (χ3n) is 5.15. The van der Waals surface area contributed by atoms with Gasteiger partial charge in [-0.25, -0.2) is 9.97 Å². The molecule has 12 heteroatoms. The minimum Gasteiger partial charge on any atom is -0.356 e. The maximum atomic E-state index is 12.5. The monoisotopic (exact) mass is 491 g/mol. The zero-order valence-electron chi connectivity index (χ0n) is 18.6. The molecule has 1 aromatic carbocycles. The lowest BCUT2D eigenvalue weighted by molar-refractivity contribution is -0.150. The molecule has 2 aromatic heterocycles. The molecule has 180 valence electrons. The summed E-state index contributed by atoms with van der Waals surface area (Å²) in [6, 6.07) is 10.6. The Morgan fingerprint density at radius 2 is 1.91 bits per heavy atom. The summed E-state index contributed by atoms with van der Waals surface area (Å²) in [4.78, 5) is 24.3. The van der Waals surface area contributed by atoms with Gasteiger partial charge >= 0.3 is 6.18 Å². The second-order valence-corrected chi connectivity index (χ2v) is 9.17. The van der Waals surface area contributed by atoms with Crippen molar-refractivity contribution in [2.45, 2.75) is 42.9 Å². The molecule has 1 atom stereocenters. The fraction of sp³-hybridized carbons (Fsp3) is 0.364. The summed E-state index contributed by atoms with van der Waals surface area (Å²) in [5.41, 5.74) is 1.35. The molecule has 1 fully saturated rings. The van der Waals surface area contributed by atoms with Crippen molar-refractivity contribution in [2.24, 2.45) is 5.92 Å². The highest BCUT2D eigenvalue weighted by Gasteiger charge is 2.32. The minimum absolute atomic E-state index is 0.426. The summed E-state index contributed by atoms with van der Waals surface area (Å²) in [7, 11) is 0. The second-order valence-electron chi connectivity index (χ2n) is 8.13. The molecule has 8 nitrogen and oxygen atoms in total. The first kappa shape index (κ1) is 23.9. The molecule has 1 saturated heterocycles. The number of H-pyrrole nitrogens is 1. The van der Waals surface area contributed by atoms with E-state index in [0.29, 0.717) is 22.5 Å². The van der Waals surface area contributed by atoms with Crippen molar-refractivity contribution in [3.63, 3.8) is 0 Å². The molecule has 0 radical (unpaired) electrons. The highest BCUT2D eigenvalue weighted by Crippen LogP contribution is 2.31. The van der Waals surface area contributed by atoms with Gasteiger partial charge in [-0.2, -0.15) is 18.3 Å². The molecule has 1 amide bonds. The first-order valence-corrected chi connectivity index (χ1v) is 11.5. The van der Waals surface area contributed by atoms with E-state index in [4.69, 9.17) is 0 Å². The SMILES string of the molecule is Cc1cc(Nc2cc(N3CCC3)nc(Sc3ccc(NC(=O)C(C)CC(F)(F)F)cc3)n2)n[nH]1. The lowest BCUT2D eigenvalue weighted by atomic mass is 10.1. The van der Waals surface area contributed by atoms with E-state index in [-0.39, 0.29) is 0 Å². The fourth-order valence-corrected chi connectivity index (χ4v) is 4.03. The summed E-state index contributed by atoms with van der Waals surface area (Å²) in [6.07, 6.45) is -4.43. The first-order chi connectivity index (χ1) is 16.1. The number of hydrogen-bond donors (Lipinski definition) is 3. The van der Waals surface area contributed by atoms with Gasteiger partial charge < -0.3 is 15.5 Å². The van der Waals surface area contributed by atoms with Gasteiger partial charge in [0.2, 0.25) is 5.91 Å². The van der Waals surface area contributed by atoms with E-state index in [1.54, 1.807) is 24.3 Å². The van der Waals surface area contributed by atoms with Crippen LogP contribution in [0.4, 0.5) is 36.3 Å². The number of rotatable bonds is 8. The number of hydrogen-bond acceptors (Lipinski definition) is 7. The normalized spacial score (nSPS) is 14.4. The number of alkyl halides is 3. The Bertz CT molecular complexity index is 1150. The van der Waals surface area contributed by atoms with Crippen molar-refractivity contribution < 1.29 is 18.0 Å². The van der Waals surface area contributed by atoms with Crippen molar-refractivity contribution in [1.82, 2.24) is 20.2 Å². The third-order valence-corrected chi connectivity index (χ3v) is 6.02. The van der Waals surface area contributed by atoms with Gasteiger partial charge in [0.25, 0.3) is 0 Å². The van der Waals surface area contributed by atoms with Crippen LogP contribution in [0.5, 0.6) is 0 Å². The number of nitrogens with zero attached hydrogens (tertiary/aromatic N) is 4. The smallest absolute Gasteiger partial charge is 0.356 e. The first-order valence-electron chi connectivity index (χ1n) is 10.7. The highest BCUT2D eigenvalue weighted by atomic mass is 32.2. The Hall–Kier alpha value is -3.28. The minimum atomic E-state index is -4.38. The molecule has 0 spiro atoms. The molecule has 3 N–H and O–H groups in total. The van der Waals surface area contributed by atoms with Crippen LogP contribution in [0.15, 0.2) is 46.5 Å². The van der Waals surface area contributed by atoms with Crippen LogP contribution in [0.25, 0.3) is 0 Å². The number of benzene rings is 1. The zero-order valence-corrected chi connectivity index (χ0v) is 19.4. The molecule has 1 unspecified atom stereocenters. The maximum absolute atomic E-state index is 12.5. The van der Waals surface area contributed by atoms with Gasteiger partial charge in [0.1, 0.15) is 11.6 Å². The van der Waals surface area contributed by atoms with Crippen LogP contribution >= 0.6 is 11.8 Å². The number of nitrogens with one attached hydrogen (secondary N) is 3. The number of carbonyl (C=O) groups is 1. The molecular weight excluding hydrogens is 467 g/mol. The van der Waals surface area contributed by atoms with Crippen LogP contribution in [0.1, 0.15) is 25.5 Å². The molecule has 34 heavy (non-hydrogen) atoms. The van der Waals surface area contributed by atoms with E-state index in [0.717, 1.165) is 35.9 Å². The van der Waals surface area contributed by atoms with Crippen LogP contribution in [-0.2, 0) is 4.79 Å². The Balaban J connectivity index is 1.45. The quantitative estimate of drug-likeness (QED) is 0.375. The van der Waals surface area contributed by atoms with Gasteiger partial charge in [0, 0.05) is 47.4 Å². The van der Waals surface area contributed by atoms with Gasteiger partial charge in [0.05, 0.1) is 6.42 Å². The number of amides is 1. The lowest BCUT2D eigenvalue weighted by Crippen LogP contribution is -2.37. The third kappa shape index (κ3) is 6.40. The van der Waals surface area contributed by atoms with Crippen LogP contribution in [0, 0.1) is 12.8 Å². The van der Waals surface area contributed by atoms with E-state index < -0.39 is 24.4 Å². The molecular formula is C22H24F3N7OS. The van der Waals surface area contributed by atoms with Crippen molar-refractivity contribution in [1.29, 1.82) is 0 Å². The van der Waals surface area contributed by atoms with Gasteiger partial charge in [-0.3, -0.25) is 9.89 Å². The van der Waals surface area contributed by atoms with Gasteiger partial charge in [-0.05, 0) is 49.4 Å². The van der Waals surface area contributed by atoms with Crippen LogP contribution < -0.4 is 15.5 Å². The van der Waals surface area contributed by atoms with E-state index in [1.807, 2.05) is 19.1 Å². The Morgan fingerprint density at radius 3 is 2.50 bits per heavy atom. The molecule has 0 aliphatic carbocycles. The molecule has 1 aliphatic heterocycles. The highest BCUT2D eigenvalue weighted by molar-refractivity contribution is 7.99. The summed E-state index contributed by atoms with van der Waals surface area (Å²) in [5.74, 6) is 0.250. The maximum Gasteiger partial charge on any atom is 0.389 e. The Kier molecular flexibility index (Phi) is 6.96. The predicted octanol–water partition coefficient (Wildman–Crippen LogP) is 5.14. The van der Waals surface area contributed by atoms with Crippen LogP contribution in [0.2, 0.25) is 0 Å². The average molecular weight is 492 g/mol. The van der Waals surface area contributed by atoms with Crippen LogP contribution in [-0.4, -0.2) is 45.3 Å². The summed E-state index contributed by atoms with van der Waals surface area (Å²) >= 11 is 1.35. The number of aryl methyl sites for hydroxylation is 1. The number of anilines is 4. The molecule has 4 rings (SSSR count). The van der Waals surface area contributed by atoms with Crippen molar-refractivity contribution in [2.75, 3.05) is 28.6 Å². The van der Waals surface area contributed by atoms with E-state index >= 15 is 0 Å². The zero-order chi connectivity index (χ0) is 24.3. The molecule has 3 heterocycles. The molecule has 0 saturated carbocycles. The molecule has 0 bridgehead atoms. The molecule has 3 aromatic rings. The van der Waals surface area contributed by atoms with Gasteiger partial charge in [-0.1, -0.05) is 6.92 Å². The number of aromatic amines is 1. The summed E-state index contributed by atoms with van der Waals surface area (Å²) < 4.78 is 37.5. The largest absolute Gasteiger partial charge is 0.389 e. The van der Waals surface area contributed by atoms with Gasteiger partial charge in [-0.15, -0.1) is 0 Å². The van der Waals surface area contributed by atoms with Gasteiger partial charge in [0.15, 0.2) is 11.0 Å².